The number of nitrogens with zero attached hydrogens (tertiary/aromatic N) is 1. The molecule has 0 aromatic heterocycles. The summed E-state index contributed by atoms with van der Waals surface area (Å²) in [6.07, 6.45) is 0. The van der Waals surface area contributed by atoms with E-state index in [1.165, 1.54) is 7.11 Å². The van der Waals surface area contributed by atoms with E-state index in [2.05, 4.69) is 10.3 Å². The highest BCUT2D eigenvalue weighted by Crippen LogP contribution is 2.24. The molecule has 0 saturated heterocycles. The van der Waals surface area contributed by atoms with Crippen LogP contribution in [0, 0.1) is 0 Å². The number of hydrogen-bond donors (Lipinski definition) is 1. The normalized spacial score (nSPS) is 11.2. The van der Waals surface area contributed by atoms with Crippen molar-refractivity contribution in [3.8, 4) is 11.1 Å². The Morgan fingerprint density at radius 1 is 1.17 bits per heavy atom. The van der Waals surface area contributed by atoms with Gasteiger partial charge >= 0.3 is 5.97 Å². The summed E-state index contributed by atoms with van der Waals surface area (Å²) in [5, 5.41) is 3.24. The minimum atomic E-state index is -0.342. The summed E-state index contributed by atoms with van der Waals surface area (Å²) in [6.45, 7) is 2.48. The molecule has 0 radical (unpaired) electrons. The van der Waals surface area contributed by atoms with Gasteiger partial charge in [-0.1, -0.05) is 24.3 Å². The molecule has 2 aromatic carbocycles. The van der Waals surface area contributed by atoms with E-state index in [1.807, 2.05) is 49.4 Å². The number of carbonyl (C=O) groups excluding carboxylic acids is 1. The summed E-state index contributed by atoms with van der Waals surface area (Å²) in [7, 11) is 1.38. The maximum Gasteiger partial charge on any atom is 0.337 e. The molecule has 0 fully saturated rings. The number of alkyl halides is 1. The van der Waals surface area contributed by atoms with Gasteiger partial charge in [-0.05, 0) is 42.3 Å². The molecule has 0 unspecified atom stereocenters. The minimum absolute atomic E-state index is 0.342. The van der Waals surface area contributed by atoms with Gasteiger partial charge < -0.3 is 10.1 Å². The molecule has 5 heteroatoms. The van der Waals surface area contributed by atoms with Gasteiger partial charge in [-0.3, -0.25) is 4.99 Å². The Kier molecular flexibility index (Phi) is 6.18. The van der Waals surface area contributed by atoms with Crippen LogP contribution >= 0.6 is 11.6 Å². The zero-order chi connectivity index (χ0) is 16.7. The van der Waals surface area contributed by atoms with Gasteiger partial charge in [-0.25, -0.2) is 4.79 Å². The number of amidine groups is 1. The second-order valence-corrected chi connectivity index (χ2v) is 5.31. The molecule has 2 rings (SSSR count). The van der Waals surface area contributed by atoms with Gasteiger partial charge in [-0.2, -0.15) is 0 Å². The minimum Gasteiger partial charge on any atom is -0.465 e. The second-order valence-electron chi connectivity index (χ2n) is 4.93. The lowest BCUT2D eigenvalue weighted by Crippen LogP contribution is -2.08. The van der Waals surface area contributed by atoms with Gasteiger partial charge in [0.1, 0.15) is 0 Å². The Hall–Kier alpha value is -2.33. The van der Waals surface area contributed by atoms with Crippen LogP contribution in [0.4, 0.5) is 5.69 Å². The first kappa shape index (κ1) is 17.0. The third-order valence-corrected chi connectivity index (χ3v) is 3.41. The van der Waals surface area contributed by atoms with Gasteiger partial charge in [0.15, 0.2) is 0 Å². The van der Waals surface area contributed by atoms with Gasteiger partial charge in [0.2, 0.25) is 0 Å². The van der Waals surface area contributed by atoms with Crippen molar-refractivity contribution >= 4 is 29.1 Å². The number of nitrogens with one attached hydrogen (secondary N) is 1. The smallest absolute Gasteiger partial charge is 0.337 e. The molecule has 0 atom stereocenters. The van der Waals surface area contributed by atoms with Gasteiger partial charge in [0, 0.05) is 11.6 Å². The quantitative estimate of drug-likeness (QED) is 0.387. The summed E-state index contributed by atoms with van der Waals surface area (Å²) in [6, 6.07) is 15.3. The van der Waals surface area contributed by atoms with Gasteiger partial charge in [-0.15, -0.1) is 11.6 Å². The van der Waals surface area contributed by atoms with Crippen LogP contribution < -0.4 is 5.32 Å². The standard InChI is InChI=1S/C18H19ClN2O2/c1-13(20-10-9-19)21-17-8-4-6-15(12-17)14-5-3-7-16(11-14)18(22)23-2/h3-8,11-12H,9-10H2,1-2H3,(H,20,21). The number of aliphatic imine (C=N–C) groups is 1. The average Bonchev–Trinajstić information content (AvgIpc) is 2.59. The number of anilines is 1. The Morgan fingerprint density at radius 3 is 2.57 bits per heavy atom. The molecule has 1 N–H and O–H groups in total. The monoisotopic (exact) mass is 330 g/mol. The van der Waals surface area contributed by atoms with Crippen LogP contribution in [0.15, 0.2) is 53.5 Å². The molecule has 0 aliphatic rings. The van der Waals surface area contributed by atoms with E-state index in [1.54, 1.807) is 6.07 Å². The fraction of sp³-hybridized carbons (Fsp3) is 0.222. The van der Waals surface area contributed by atoms with E-state index in [9.17, 15) is 4.79 Å². The van der Waals surface area contributed by atoms with Crippen LogP contribution in [0.25, 0.3) is 11.1 Å². The first-order chi connectivity index (χ1) is 11.1. The van der Waals surface area contributed by atoms with Crippen molar-refractivity contribution in [1.29, 1.82) is 0 Å². The van der Waals surface area contributed by atoms with E-state index in [0.29, 0.717) is 18.0 Å². The number of rotatable bonds is 5. The molecule has 23 heavy (non-hydrogen) atoms. The van der Waals surface area contributed by atoms with Crippen molar-refractivity contribution in [2.75, 3.05) is 24.9 Å². The highest BCUT2D eigenvalue weighted by atomic mass is 35.5. The van der Waals surface area contributed by atoms with E-state index in [-0.39, 0.29) is 5.97 Å². The van der Waals surface area contributed by atoms with Crippen molar-refractivity contribution in [2.45, 2.75) is 6.92 Å². The molecular formula is C18H19ClN2O2. The number of esters is 1. The Morgan fingerprint density at radius 2 is 1.87 bits per heavy atom. The summed E-state index contributed by atoms with van der Waals surface area (Å²) < 4.78 is 4.76. The summed E-state index contributed by atoms with van der Waals surface area (Å²) in [4.78, 5) is 15.9. The Balaban J connectivity index is 2.24. The molecule has 4 nitrogen and oxygen atoms in total. The molecule has 2 aromatic rings. The van der Waals surface area contributed by atoms with Crippen LogP contribution in [0.5, 0.6) is 0 Å². The first-order valence-corrected chi connectivity index (χ1v) is 7.80. The van der Waals surface area contributed by atoms with E-state index < -0.39 is 0 Å². The molecule has 0 saturated carbocycles. The van der Waals surface area contributed by atoms with E-state index in [0.717, 1.165) is 22.6 Å². The van der Waals surface area contributed by atoms with E-state index in [4.69, 9.17) is 16.3 Å². The number of benzene rings is 2. The van der Waals surface area contributed by atoms with Crippen LogP contribution in [-0.4, -0.2) is 31.3 Å². The lowest BCUT2D eigenvalue weighted by molar-refractivity contribution is 0.0601. The number of halogens is 1. The average molecular weight is 331 g/mol. The van der Waals surface area contributed by atoms with Gasteiger partial charge in [0.05, 0.1) is 25.1 Å². The van der Waals surface area contributed by atoms with Crippen molar-refractivity contribution in [3.63, 3.8) is 0 Å². The zero-order valence-electron chi connectivity index (χ0n) is 13.2. The molecule has 0 amide bonds. The van der Waals surface area contributed by atoms with Crippen LogP contribution in [-0.2, 0) is 4.74 Å². The third kappa shape index (κ3) is 4.83. The molecule has 0 spiro atoms. The Labute approximate surface area is 141 Å². The predicted octanol–water partition coefficient (Wildman–Crippen LogP) is 4.21. The maximum absolute atomic E-state index is 11.6. The molecule has 0 bridgehead atoms. The highest BCUT2D eigenvalue weighted by molar-refractivity contribution is 6.18. The number of methoxy groups -OCH3 is 1. The van der Waals surface area contributed by atoms with Crippen molar-refractivity contribution in [2.24, 2.45) is 4.99 Å². The van der Waals surface area contributed by atoms with Crippen LogP contribution in [0.2, 0.25) is 0 Å². The largest absolute Gasteiger partial charge is 0.465 e. The molecule has 120 valence electrons. The molecule has 0 aliphatic heterocycles. The molecule has 0 aliphatic carbocycles. The number of ether oxygens (including phenoxy) is 1. The van der Waals surface area contributed by atoms with Crippen molar-refractivity contribution in [3.05, 3.63) is 54.1 Å². The second kappa shape index (κ2) is 8.34. The fourth-order valence-corrected chi connectivity index (χ4v) is 2.26. The van der Waals surface area contributed by atoms with E-state index >= 15 is 0 Å². The lowest BCUT2D eigenvalue weighted by Gasteiger charge is -2.09. The molecular weight excluding hydrogens is 312 g/mol. The molecule has 0 heterocycles. The number of hydrogen-bond acceptors (Lipinski definition) is 3. The summed E-state index contributed by atoms with van der Waals surface area (Å²) in [5.74, 6) is 0.968. The lowest BCUT2D eigenvalue weighted by atomic mass is 10.0. The van der Waals surface area contributed by atoms with Gasteiger partial charge in [0.25, 0.3) is 0 Å². The zero-order valence-corrected chi connectivity index (χ0v) is 13.9. The predicted molar refractivity (Wildman–Crippen MR) is 95.5 cm³/mol. The SMILES string of the molecule is COC(=O)c1cccc(-c2cccc(NC(C)=NCCCl)c2)c1. The van der Waals surface area contributed by atoms with Crippen LogP contribution in [0.3, 0.4) is 0 Å². The van der Waals surface area contributed by atoms with Crippen LogP contribution in [0.1, 0.15) is 17.3 Å². The number of carbonyl (C=O) groups is 1. The van der Waals surface area contributed by atoms with Crippen molar-refractivity contribution < 1.29 is 9.53 Å². The fourth-order valence-electron chi connectivity index (χ4n) is 2.18. The van der Waals surface area contributed by atoms with Crippen molar-refractivity contribution in [1.82, 2.24) is 0 Å². The summed E-state index contributed by atoms with van der Waals surface area (Å²) in [5.41, 5.74) is 3.42. The third-order valence-electron chi connectivity index (χ3n) is 3.24. The topological polar surface area (TPSA) is 50.7 Å². The first-order valence-electron chi connectivity index (χ1n) is 7.27. The highest BCUT2D eigenvalue weighted by Gasteiger charge is 2.07. The Bertz CT molecular complexity index is 714. The maximum atomic E-state index is 11.6. The summed E-state index contributed by atoms with van der Waals surface area (Å²) >= 11 is 5.63.